The van der Waals surface area contributed by atoms with Crippen LogP contribution < -0.4 is 21.1 Å². The van der Waals surface area contributed by atoms with Crippen molar-refractivity contribution >= 4 is 11.9 Å². The predicted octanol–water partition coefficient (Wildman–Crippen LogP) is 3.06. The van der Waals surface area contributed by atoms with E-state index in [0.29, 0.717) is 63.1 Å². The molecule has 2 aromatic rings. The minimum atomic E-state index is 0.256. The molecule has 1 aromatic carbocycles. The average molecular weight is 431 g/mol. The molecule has 0 radical (unpaired) electrons. The summed E-state index contributed by atoms with van der Waals surface area (Å²) in [5, 5.41) is 6.55. The van der Waals surface area contributed by atoms with Gasteiger partial charge in [-0.1, -0.05) is 37.5 Å². The number of rotatable bonds is 14. The number of nitrogens with two attached hydrogens (primary N) is 1. The first-order valence-corrected chi connectivity index (χ1v) is 11.2. The van der Waals surface area contributed by atoms with Crippen LogP contribution >= 0.6 is 0 Å². The second kappa shape index (κ2) is 13.7. The molecule has 0 bridgehead atoms. The molecule has 0 saturated heterocycles. The van der Waals surface area contributed by atoms with Crippen LogP contribution in [0.25, 0.3) is 0 Å². The van der Waals surface area contributed by atoms with Crippen molar-refractivity contribution in [2.24, 2.45) is 11.7 Å². The molecule has 9 heteroatoms. The number of anilines is 2. The molecule has 1 aromatic heterocycles. The van der Waals surface area contributed by atoms with Crippen molar-refractivity contribution in [3.05, 3.63) is 30.3 Å². The minimum absolute atomic E-state index is 0.256. The van der Waals surface area contributed by atoms with Crippen molar-refractivity contribution in [3.8, 4) is 11.8 Å². The van der Waals surface area contributed by atoms with Gasteiger partial charge in [0.25, 0.3) is 0 Å². The molecule has 4 N–H and O–H groups in total. The van der Waals surface area contributed by atoms with Crippen molar-refractivity contribution in [2.45, 2.75) is 32.1 Å². The summed E-state index contributed by atoms with van der Waals surface area (Å²) in [5.41, 5.74) is 5.38. The quantitative estimate of drug-likeness (QED) is 0.389. The Morgan fingerprint density at radius 3 is 2.29 bits per heavy atom. The lowest BCUT2D eigenvalue weighted by Crippen LogP contribution is -2.19. The van der Waals surface area contributed by atoms with Gasteiger partial charge < -0.3 is 30.6 Å². The Morgan fingerprint density at radius 2 is 1.55 bits per heavy atom. The van der Waals surface area contributed by atoms with Crippen LogP contribution in [-0.2, 0) is 9.47 Å². The van der Waals surface area contributed by atoms with Crippen LogP contribution in [0.5, 0.6) is 11.8 Å². The molecule has 1 fully saturated rings. The monoisotopic (exact) mass is 430 g/mol. The molecule has 0 aliphatic heterocycles. The Balaban J connectivity index is 1.53. The molecule has 170 valence electrons. The maximum Gasteiger partial charge on any atom is 0.328 e. The number of para-hydroxylation sites is 1. The molecular weight excluding hydrogens is 396 g/mol. The summed E-state index contributed by atoms with van der Waals surface area (Å²) < 4.78 is 16.7. The first-order valence-electron chi connectivity index (χ1n) is 11.2. The van der Waals surface area contributed by atoms with E-state index >= 15 is 0 Å². The van der Waals surface area contributed by atoms with Gasteiger partial charge in [-0.05, 0) is 30.9 Å². The molecular formula is C22H34N6O3. The van der Waals surface area contributed by atoms with E-state index in [1.165, 1.54) is 32.1 Å². The van der Waals surface area contributed by atoms with E-state index in [0.717, 1.165) is 6.54 Å². The lowest BCUT2D eigenvalue weighted by Gasteiger charge is -2.21. The van der Waals surface area contributed by atoms with Crippen LogP contribution in [0.2, 0.25) is 0 Å². The fourth-order valence-corrected chi connectivity index (χ4v) is 3.42. The molecule has 9 nitrogen and oxygen atoms in total. The molecule has 3 rings (SSSR count). The van der Waals surface area contributed by atoms with Gasteiger partial charge in [0, 0.05) is 19.6 Å². The molecule has 0 spiro atoms. The zero-order valence-electron chi connectivity index (χ0n) is 18.1. The highest BCUT2D eigenvalue weighted by Crippen LogP contribution is 2.24. The summed E-state index contributed by atoms with van der Waals surface area (Å²) in [7, 11) is 0. The molecule has 0 atom stereocenters. The summed E-state index contributed by atoms with van der Waals surface area (Å²) in [4.78, 5) is 13.3. The topological polar surface area (TPSA) is 116 Å². The number of hydrogen-bond donors (Lipinski definition) is 3. The SMILES string of the molecule is NCCOCCOCCNc1nc(NCC2CCCCC2)nc(Oc2ccccc2)n1. The zero-order chi connectivity index (χ0) is 21.6. The summed E-state index contributed by atoms with van der Waals surface area (Å²) >= 11 is 0. The van der Waals surface area contributed by atoms with Crippen molar-refractivity contribution < 1.29 is 14.2 Å². The normalized spacial score (nSPS) is 14.4. The van der Waals surface area contributed by atoms with Crippen molar-refractivity contribution in [1.82, 2.24) is 15.0 Å². The van der Waals surface area contributed by atoms with Crippen LogP contribution in [0, 0.1) is 5.92 Å². The Hall–Kier alpha value is -2.49. The summed E-state index contributed by atoms with van der Waals surface area (Å²) in [5.74, 6) is 2.31. The maximum atomic E-state index is 5.83. The van der Waals surface area contributed by atoms with Crippen LogP contribution in [0.15, 0.2) is 30.3 Å². The highest BCUT2D eigenvalue weighted by molar-refractivity contribution is 5.37. The lowest BCUT2D eigenvalue weighted by molar-refractivity contribution is 0.0547. The third-order valence-corrected chi connectivity index (χ3v) is 5.00. The second-order valence-electron chi connectivity index (χ2n) is 7.51. The Bertz CT molecular complexity index is 743. The molecule has 31 heavy (non-hydrogen) atoms. The van der Waals surface area contributed by atoms with Crippen molar-refractivity contribution in [2.75, 3.05) is 56.7 Å². The van der Waals surface area contributed by atoms with E-state index in [1.54, 1.807) is 0 Å². The number of nitrogens with zero attached hydrogens (tertiary/aromatic N) is 3. The molecule has 1 saturated carbocycles. The highest BCUT2D eigenvalue weighted by atomic mass is 16.5. The highest BCUT2D eigenvalue weighted by Gasteiger charge is 2.15. The fourth-order valence-electron chi connectivity index (χ4n) is 3.42. The van der Waals surface area contributed by atoms with E-state index < -0.39 is 0 Å². The van der Waals surface area contributed by atoms with Crippen LogP contribution in [0.1, 0.15) is 32.1 Å². The van der Waals surface area contributed by atoms with Gasteiger partial charge in [0.1, 0.15) is 5.75 Å². The Morgan fingerprint density at radius 1 is 0.839 bits per heavy atom. The minimum Gasteiger partial charge on any atom is -0.424 e. The first-order chi connectivity index (χ1) is 15.3. The van der Waals surface area contributed by atoms with E-state index in [1.807, 2.05) is 30.3 Å². The van der Waals surface area contributed by atoms with Gasteiger partial charge in [-0.25, -0.2) is 0 Å². The second-order valence-corrected chi connectivity index (χ2v) is 7.51. The third-order valence-electron chi connectivity index (χ3n) is 5.00. The number of ether oxygens (including phenoxy) is 3. The third kappa shape index (κ3) is 9.04. The van der Waals surface area contributed by atoms with Gasteiger partial charge >= 0.3 is 6.01 Å². The van der Waals surface area contributed by atoms with Crippen molar-refractivity contribution in [1.29, 1.82) is 0 Å². The van der Waals surface area contributed by atoms with E-state index in [2.05, 4.69) is 25.6 Å². The molecule has 0 unspecified atom stereocenters. The smallest absolute Gasteiger partial charge is 0.328 e. The number of benzene rings is 1. The number of nitrogens with one attached hydrogen (secondary N) is 2. The van der Waals surface area contributed by atoms with Gasteiger partial charge in [0.2, 0.25) is 11.9 Å². The Labute approximate surface area is 184 Å². The lowest BCUT2D eigenvalue weighted by atomic mass is 9.89. The van der Waals surface area contributed by atoms with E-state index in [9.17, 15) is 0 Å². The number of aromatic nitrogens is 3. The van der Waals surface area contributed by atoms with Crippen LogP contribution in [0.3, 0.4) is 0 Å². The molecule has 0 amide bonds. The van der Waals surface area contributed by atoms with Gasteiger partial charge in [0.05, 0.1) is 26.4 Å². The summed E-state index contributed by atoms with van der Waals surface area (Å²) in [6.07, 6.45) is 6.45. The maximum absolute atomic E-state index is 5.83. The van der Waals surface area contributed by atoms with Gasteiger partial charge in [-0.2, -0.15) is 15.0 Å². The first kappa shape index (κ1) is 23.2. The van der Waals surface area contributed by atoms with Crippen LogP contribution in [0.4, 0.5) is 11.9 Å². The molecule has 1 aliphatic carbocycles. The summed E-state index contributed by atoms with van der Waals surface area (Å²) in [6.45, 7) is 4.06. The largest absolute Gasteiger partial charge is 0.424 e. The van der Waals surface area contributed by atoms with Gasteiger partial charge in [0.15, 0.2) is 0 Å². The Kier molecular flexibility index (Phi) is 10.3. The zero-order valence-corrected chi connectivity index (χ0v) is 18.1. The number of hydrogen-bond acceptors (Lipinski definition) is 9. The van der Waals surface area contributed by atoms with E-state index in [-0.39, 0.29) is 6.01 Å². The molecule has 1 aliphatic rings. The van der Waals surface area contributed by atoms with E-state index in [4.69, 9.17) is 19.9 Å². The fraction of sp³-hybridized carbons (Fsp3) is 0.591. The average Bonchev–Trinajstić information content (AvgIpc) is 2.81. The van der Waals surface area contributed by atoms with Gasteiger partial charge in [-0.3, -0.25) is 0 Å². The van der Waals surface area contributed by atoms with Crippen molar-refractivity contribution in [3.63, 3.8) is 0 Å². The predicted molar refractivity (Wildman–Crippen MR) is 121 cm³/mol. The standard InChI is InChI=1S/C22H34N6O3/c23-11-13-29-15-16-30-14-12-24-20-26-21(25-17-18-7-3-1-4-8-18)28-22(27-20)31-19-9-5-2-6-10-19/h2,5-6,9-10,18H,1,3-4,7-8,11-17,23H2,(H2,24,25,26,27,28). The molecule has 1 heterocycles. The summed E-state index contributed by atoms with van der Waals surface area (Å²) in [6, 6.07) is 9.75. The van der Waals surface area contributed by atoms with Crippen LogP contribution in [-0.4, -0.2) is 61.0 Å². The van der Waals surface area contributed by atoms with Gasteiger partial charge in [-0.15, -0.1) is 0 Å².